The van der Waals surface area contributed by atoms with Crippen LogP contribution < -0.4 is 0 Å². The van der Waals surface area contributed by atoms with E-state index in [-0.39, 0.29) is 5.03 Å². The van der Waals surface area contributed by atoms with Gasteiger partial charge in [0.15, 0.2) is 5.03 Å². The van der Waals surface area contributed by atoms with Gasteiger partial charge in [0, 0.05) is 38.5 Å². The van der Waals surface area contributed by atoms with Crippen LogP contribution in [-0.2, 0) is 16.4 Å². The number of rotatable bonds is 5. The van der Waals surface area contributed by atoms with Crippen LogP contribution in [0.1, 0.15) is 19.2 Å². The lowest BCUT2D eigenvalue weighted by molar-refractivity contribution is 0.303. The Morgan fingerprint density at radius 3 is 2.80 bits per heavy atom. The standard InChI is InChI=1S/C12H21ClN4O2S/c1-2-11-14-10-12(15-11)20(18,19)17-6-3-5-16(7-4-13)8-9-17/h10H,2-9H2,1H3,(H,14,15). The summed E-state index contributed by atoms with van der Waals surface area (Å²) in [4.78, 5) is 9.16. The molecule has 114 valence electrons. The van der Waals surface area contributed by atoms with Gasteiger partial charge in [0.05, 0.1) is 6.20 Å². The Hall–Kier alpha value is -0.630. The van der Waals surface area contributed by atoms with Crippen molar-refractivity contribution in [3.8, 4) is 0 Å². The van der Waals surface area contributed by atoms with Gasteiger partial charge >= 0.3 is 0 Å². The zero-order valence-corrected chi connectivity index (χ0v) is 13.3. The molecule has 2 rings (SSSR count). The third-order valence-corrected chi connectivity index (χ3v) is 5.48. The molecule has 1 N–H and O–H groups in total. The Balaban J connectivity index is 2.09. The topological polar surface area (TPSA) is 69.3 Å². The minimum Gasteiger partial charge on any atom is -0.332 e. The van der Waals surface area contributed by atoms with Gasteiger partial charge in [0.2, 0.25) is 0 Å². The molecule has 1 aromatic heterocycles. The molecule has 0 saturated carbocycles. The molecule has 0 aliphatic carbocycles. The van der Waals surface area contributed by atoms with Crippen molar-refractivity contribution in [3.05, 3.63) is 12.0 Å². The number of hydrogen-bond acceptors (Lipinski definition) is 4. The van der Waals surface area contributed by atoms with E-state index in [1.165, 1.54) is 10.5 Å². The van der Waals surface area contributed by atoms with Crippen molar-refractivity contribution in [1.29, 1.82) is 0 Å². The largest absolute Gasteiger partial charge is 0.332 e. The maximum atomic E-state index is 12.5. The van der Waals surface area contributed by atoms with E-state index in [2.05, 4.69) is 14.9 Å². The van der Waals surface area contributed by atoms with Gasteiger partial charge in [-0.3, -0.25) is 0 Å². The van der Waals surface area contributed by atoms with Crippen molar-refractivity contribution in [2.45, 2.75) is 24.8 Å². The van der Waals surface area contributed by atoms with Gasteiger partial charge in [-0.25, -0.2) is 13.4 Å². The summed E-state index contributed by atoms with van der Waals surface area (Å²) in [5.74, 6) is 1.27. The molecule has 0 spiro atoms. The van der Waals surface area contributed by atoms with Crippen LogP contribution in [0, 0.1) is 0 Å². The van der Waals surface area contributed by atoms with Gasteiger partial charge in [0.1, 0.15) is 5.82 Å². The fourth-order valence-electron chi connectivity index (χ4n) is 2.32. The summed E-state index contributed by atoms with van der Waals surface area (Å²) in [5, 5.41) is 0.195. The van der Waals surface area contributed by atoms with Crippen LogP contribution in [0.25, 0.3) is 0 Å². The quantitative estimate of drug-likeness (QED) is 0.819. The van der Waals surface area contributed by atoms with Crippen LogP contribution in [0.4, 0.5) is 0 Å². The predicted molar refractivity (Wildman–Crippen MR) is 78.5 cm³/mol. The molecule has 1 aliphatic heterocycles. The summed E-state index contributed by atoms with van der Waals surface area (Å²) < 4.78 is 26.6. The van der Waals surface area contributed by atoms with Crippen molar-refractivity contribution < 1.29 is 8.42 Å². The summed E-state index contributed by atoms with van der Waals surface area (Å²) in [6.07, 6.45) is 2.93. The smallest absolute Gasteiger partial charge is 0.260 e. The van der Waals surface area contributed by atoms with Gasteiger partial charge in [-0.05, 0) is 13.0 Å². The Morgan fingerprint density at radius 2 is 2.15 bits per heavy atom. The molecule has 0 atom stereocenters. The lowest BCUT2D eigenvalue weighted by atomic mass is 10.4. The number of nitrogens with one attached hydrogen (secondary N) is 1. The highest BCUT2D eigenvalue weighted by Crippen LogP contribution is 2.16. The maximum absolute atomic E-state index is 12.5. The fourth-order valence-corrected chi connectivity index (χ4v) is 3.97. The Kier molecular flexibility index (Phi) is 5.42. The first-order valence-corrected chi connectivity index (χ1v) is 8.87. The van der Waals surface area contributed by atoms with Gasteiger partial charge < -0.3 is 9.88 Å². The average molecular weight is 321 g/mol. The fraction of sp³-hybridized carbons (Fsp3) is 0.750. The van der Waals surface area contributed by atoms with Gasteiger partial charge in [0.25, 0.3) is 10.0 Å². The van der Waals surface area contributed by atoms with Crippen LogP contribution in [0.15, 0.2) is 11.2 Å². The molecule has 6 nitrogen and oxygen atoms in total. The lowest BCUT2D eigenvalue weighted by Crippen LogP contribution is -2.35. The van der Waals surface area contributed by atoms with E-state index in [0.717, 1.165) is 26.1 Å². The summed E-state index contributed by atoms with van der Waals surface area (Å²) in [5.41, 5.74) is 0. The van der Waals surface area contributed by atoms with E-state index in [0.29, 0.717) is 31.2 Å². The van der Waals surface area contributed by atoms with Crippen LogP contribution in [-0.4, -0.2) is 66.2 Å². The number of aromatic amines is 1. The molecule has 20 heavy (non-hydrogen) atoms. The summed E-state index contributed by atoms with van der Waals surface area (Å²) in [6, 6.07) is 0. The Morgan fingerprint density at radius 1 is 1.35 bits per heavy atom. The number of H-pyrrole nitrogens is 1. The van der Waals surface area contributed by atoms with Gasteiger partial charge in [-0.15, -0.1) is 11.6 Å². The highest BCUT2D eigenvalue weighted by molar-refractivity contribution is 7.89. The number of aromatic nitrogens is 2. The van der Waals surface area contributed by atoms with Gasteiger partial charge in [-0.2, -0.15) is 4.31 Å². The highest BCUT2D eigenvalue weighted by Gasteiger charge is 2.28. The van der Waals surface area contributed by atoms with E-state index in [9.17, 15) is 8.42 Å². The second-order valence-corrected chi connectivity index (χ2v) is 7.12. The monoisotopic (exact) mass is 320 g/mol. The number of aryl methyl sites for hydroxylation is 1. The van der Waals surface area contributed by atoms with Crippen molar-refractivity contribution in [3.63, 3.8) is 0 Å². The number of alkyl halides is 1. The molecule has 2 heterocycles. The van der Waals surface area contributed by atoms with Crippen LogP contribution in [0.3, 0.4) is 0 Å². The number of nitrogens with zero attached hydrogens (tertiary/aromatic N) is 3. The molecule has 8 heteroatoms. The zero-order valence-electron chi connectivity index (χ0n) is 11.7. The third kappa shape index (κ3) is 3.52. The second-order valence-electron chi connectivity index (χ2n) is 4.84. The molecule has 0 unspecified atom stereocenters. The van der Waals surface area contributed by atoms with Gasteiger partial charge in [-0.1, -0.05) is 6.92 Å². The van der Waals surface area contributed by atoms with E-state index < -0.39 is 10.0 Å². The summed E-state index contributed by atoms with van der Waals surface area (Å²) >= 11 is 5.74. The summed E-state index contributed by atoms with van der Waals surface area (Å²) in [6.45, 7) is 5.40. The van der Waals surface area contributed by atoms with Crippen LogP contribution in [0.5, 0.6) is 0 Å². The van der Waals surface area contributed by atoms with Crippen LogP contribution in [0.2, 0.25) is 0 Å². The van der Waals surface area contributed by atoms with Crippen molar-refractivity contribution in [1.82, 2.24) is 19.2 Å². The normalized spacial score (nSPS) is 19.1. The highest BCUT2D eigenvalue weighted by atomic mass is 35.5. The molecule has 1 saturated heterocycles. The predicted octanol–water partition coefficient (Wildman–Crippen LogP) is 0.907. The molecule has 0 bridgehead atoms. The van der Waals surface area contributed by atoms with Crippen molar-refractivity contribution in [2.24, 2.45) is 0 Å². The second kappa shape index (κ2) is 6.89. The number of hydrogen-bond donors (Lipinski definition) is 1. The summed E-state index contributed by atoms with van der Waals surface area (Å²) in [7, 11) is -3.46. The van der Waals surface area contributed by atoms with Crippen molar-refractivity contribution in [2.75, 3.05) is 38.6 Å². The first kappa shape index (κ1) is 15.8. The molecular formula is C12H21ClN4O2S. The molecular weight excluding hydrogens is 300 g/mol. The SMILES string of the molecule is CCc1ncc(S(=O)(=O)N2CCCN(CCCl)CC2)[nH]1. The van der Waals surface area contributed by atoms with Crippen LogP contribution >= 0.6 is 11.6 Å². The Bertz CT molecular complexity index is 531. The number of halogens is 1. The lowest BCUT2D eigenvalue weighted by Gasteiger charge is -2.20. The molecule has 1 aliphatic rings. The number of imidazole rings is 1. The molecule has 0 radical (unpaired) electrons. The zero-order chi connectivity index (χ0) is 14.6. The minimum absolute atomic E-state index is 0.195. The Labute approximate surface area is 125 Å². The van der Waals surface area contributed by atoms with E-state index in [1.54, 1.807) is 0 Å². The molecule has 1 aromatic rings. The number of sulfonamides is 1. The first-order valence-electron chi connectivity index (χ1n) is 6.90. The minimum atomic E-state index is -3.46. The maximum Gasteiger partial charge on any atom is 0.260 e. The molecule has 1 fully saturated rings. The first-order chi connectivity index (χ1) is 9.57. The van der Waals surface area contributed by atoms with Crippen molar-refractivity contribution >= 4 is 21.6 Å². The van der Waals surface area contributed by atoms with E-state index in [4.69, 9.17) is 11.6 Å². The average Bonchev–Trinajstić information content (AvgIpc) is 2.80. The molecule has 0 amide bonds. The molecule has 0 aromatic carbocycles. The van der Waals surface area contributed by atoms with E-state index in [1.807, 2.05) is 6.92 Å². The third-order valence-electron chi connectivity index (χ3n) is 3.51. The van der Waals surface area contributed by atoms with E-state index >= 15 is 0 Å².